The molecule has 1 aliphatic rings. The van der Waals surface area contributed by atoms with Crippen LogP contribution in [0.2, 0.25) is 0 Å². The lowest BCUT2D eigenvalue weighted by molar-refractivity contribution is -0.141. The number of aliphatic carboxylic acids is 1. The SMILES string of the molecule is CC(C)(C)OC(=O)N1CCC(c2ccc(F)cc2)=C[C@@H]1C(=O)O. The molecule has 23 heavy (non-hydrogen) atoms. The van der Waals surface area contributed by atoms with Gasteiger partial charge in [0.2, 0.25) is 0 Å². The third kappa shape index (κ3) is 4.31. The maximum absolute atomic E-state index is 13.0. The van der Waals surface area contributed by atoms with Crippen LogP contribution in [0.5, 0.6) is 0 Å². The van der Waals surface area contributed by atoms with Crippen molar-refractivity contribution in [2.24, 2.45) is 0 Å². The number of rotatable bonds is 2. The van der Waals surface area contributed by atoms with Crippen molar-refractivity contribution in [1.82, 2.24) is 4.90 Å². The number of halogens is 1. The number of hydrogen-bond acceptors (Lipinski definition) is 3. The van der Waals surface area contributed by atoms with Crippen LogP contribution in [-0.4, -0.2) is 40.3 Å². The number of ether oxygens (including phenoxy) is 1. The number of benzene rings is 1. The van der Waals surface area contributed by atoms with E-state index < -0.39 is 23.7 Å². The number of carboxylic acid groups (broad SMARTS) is 1. The Morgan fingerprint density at radius 1 is 1.26 bits per heavy atom. The number of nitrogens with zero attached hydrogens (tertiary/aromatic N) is 1. The molecule has 0 aliphatic carbocycles. The van der Waals surface area contributed by atoms with Gasteiger partial charge < -0.3 is 9.84 Å². The van der Waals surface area contributed by atoms with Gasteiger partial charge in [0.15, 0.2) is 6.04 Å². The molecule has 0 saturated heterocycles. The van der Waals surface area contributed by atoms with Gasteiger partial charge in [0.25, 0.3) is 0 Å². The fourth-order valence-corrected chi connectivity index (χ4v) is 2.38. The first-order valence-electron chi connectivity index (χ1n) is 7.36. The van der Waals surface area contributed by atoms with Crippen LogP contribution in [0.4, 0.5) is 9.18 Å². The Kier molecular flexibility index (Phi) is 4.73. The summed E-state index contributed by atoms with van der Waals surface area (Å²) in [5.41, 5.74) is 0.833. The van der Waals surface area contributed by atoms with Crippen molar-refractivity contribution in [3.05, 3.63) is 41.7 Å². The molecule has 0 radical (unpaired) electrons. The number of carbonyl (C=O) groups is 2. The molecule has 1 aliphatic heterocycles. The van der Waals surface area contributed by atoms with E-state index in [0.717, 1.165) is 11.1 Å². The second kappa shape index (κ2) is 6.40. The summed E-state index contributed by atoms with van der Waals surface area (Å²) in [5, 5.41) is 9.41. The quantitative estimate of drug-likeness (QED) is 0.907. The van der Waals surface area contributed by atoms with Gasteiger partial charge in [-0.3, -0.25) is 4.90 Å². The summed E-state index contributed by atoms with van der Waals surface area (Å²) in [6.45, 7) is 5.41. The first-order chi connectivity index (χ1) is 10.7. The first kappa shape index (κ1) is 17.0. The van der Waals surface area contributed by atoms with Crippen molar-refractivity contribution in [3.63, 3.8) is 0 Å². The maximum Gasteiger partial charge on any atom is 0.411 e. The smallest absolute Gasteiger partial charge is 0.411 e. The zero-order chi connectivity index (χ0) is 17.2. The van der Waals surface area contributed by atoms with E-state index in [0.29, 0.717) is 6.42 Å². The van der Waals surface area contributed by atoms with Crippen molar-refractivity contribution >= 4 is 17.6 Å². The van der Waals surface area contributed by atoms with E-state index >= 15 is 0 Å². The lowest BCUT2D eigenvalue weighted by Gasteiger charge is -2.33. The summed E-state index contributed by atoms with van der Waals surface area (Å²) in [6, 6.07) is 4.75. The van der Waals surface area contributed by atoms with Gasteiger partial charge in [-0.25, -0.2) is 14.0 Å². The highest BCUT2D eigenvalue weighted by molar-refractivity contribution is 5.86. The molecule has 1 aromatic carbocycles. The van der Waals surface area contributed by atoms with Gasteiger partial charge in [0.1, 0.15) is 11.4 Å². The highest BCUT2D eigenvalue weighted by atomic mass is 19.1. The van der Waals surface area contributed by atoms with Gasteiger partial charge in [-0.2, -0.15) is 0 Å². The van der Waals surface area contributed by atoms with E-state index in [1.54, 1.807) is 32.9 Å². The second-order valence-corrected chi connectivity index (χ2v) is 6.41. The molecule has 2 rings (SSSR count). The average Bonchev–Trinajstić information content (AvgIpc) is 2.45. The Hall–Kier alpha value is -2.37. The fraction of sp³-hybridized carbons (Fsp3) is 0.412. The van der Waals surface area contributed by atoms with Crippen LogP contribution in [0.25, 0.3) is 5.57 Å². The van der Waals surface area contributed by atoms with Crippen molar-refractivity contribution in [2.45, 2.75) is 38.8 Å². The molecule has 5 nitrogen and oxygen atoms in total. The molecule has 1 amide bonds. The second-order valence-electron chi connectivity index (χ2n) is 6.41. The van der Waals surface area contributed by atoms with Crippen LogP contribution >= 0.6 is 0 Å². The molecular weight excluding hydrogens is 301 g/mol. The van der Waals surface area contributed by atoms with Gasteiger partial charge in [0.05, 0.1) is 0 Å². The summed E-state index contributed by atoms with van der Waals surface area (Å²) >= 11 is 0. The van der Waals surface area contributed by atoms with Crippen LogP contribution in [0.1, 0.15) is 32.8 Å². The first-order valence-corrected chi connectivity index (χ1v) is 7.36. The predicted molar refractivity (Wildman–Crippen MR) is 83.4 cm³/mol. The van der Waals surface area contributed by atoms with Crippen molar-refractivity contribution in [3.8, 4) is 0 Å². The molecule has 0 bridgehead atoms. The lowest BCUT2D eigenvalue weighted by Crippen LogP contribution is -2.48. The number of carbonyl (C=O) groups excluding carboxylic acids is 1. The molecule has 0 fully saturated rings. The molecule has 124 valence electrons. The molecule has 1 N–H and O–H groups in total. The third-order valence-corrected chi connectivity index (χ3v) is 3.41. The molecule has 1 aromatic rings. The van der Waals surface area contributed by atoms with Crippen LogP contribution in [0.3, 0.4) is 0 Å². The fourth-order valence-electron chi connectivity index (χ4n) is 2.38. The Morgan fingerprint density at radius 3 is 2.39 bits per heavy atom. The maximum atomic E-state index is 13.0. The van der Waals surface area contributed by atoms with E-state index in [-0.39, 0.29) is 12.4 Å². The van der Waals surface area contributed by atoms with Gasteiger partial charge >= 0.3 is 12.1 Å². The molecule has 1 atom stereocenters. The Morgan fingerprint density at radius 2 is 1.87 bits per heavy atom. The zero-order valence-corrected chi connectivity index (χ0v) is 13.4. The summed E-state index contributed by atoms with van der Waals surface area (Å²) in [5.74, 6) is -1.48. The minimum Gasteiger partial charge on any atom is -0.479 e. The van der Waals surface area contributed by atoms with Crippen molar-refractivity contribution in [2.75, 3.05) is 6.54 Å². The molecule has 6 heteroatoms. The molecule has 0 aromatic heterocycles. The van der Waals surface area contributed by atoms with Crippen LogP contribution in [-0.2, 0) is 9.53 Å². The minimum atomic E-state index is -1.13. The summed E-state index contributed by atoms with van der Waals surface area (Å²) in [4.78, 5) is 24.9. The topological polar surface area (TPSA) is 66.8 Å². The van der Waals surface area contributed by atoms with Crippen molar-refractivity contribution in [1.29, 1.82) is 0 Å². The number of hydrogen-bond donors (Lipinski definition) is 1. The monoisotopic (exact) mass is 321 g/mol. The molecular formula is C17H20FNO4. The highest BCUT2D eigenvalue weighted by Gasteiger charge is 2.34. The van der Waals surface area contributed by atoms with Gasteiger partial charge in [-0.05, 0) is 56.5 Å². The minimum absolute atomic E-state index is 0.231. The molecule has 0 spiro atoms. The Balaban J connectivity index is 2.25. The average molecular weight is 321 g/mol. The number of carboxylic acids is 1. The normalized spacial score (nSPS) is 18.3. The van der Waals surface area contributed by atoms with Crippen LogP contribution < -0.4 is 0 Å². The molecule has 0 unspecified atom stereocenters. The standard InChI is InChI=1S/C17H20FNO4/c1-17(2,3)23-16(22)19-9-8-12(10-14(19)15(20)21)11-4-6-13(18)7-5-11/h4-7,10,14H,8-9H2,1-3H3,(H,20,21)/t14-/m1/s1. The largest absolute Gasteiger partial charge is 0.479 e. The number of amides is 1. The Labute approximate surface area is 134 Å². The summed E-state index contributed by atoms with van der Waals surface area (Å²) < 4.78 is 18.3. The Bertz CT molecular complexity index is 631. The lowest BCUT2D eigenvalue weighted by atomic mass is 9.96. The van der Waals surface area contributed by atoms with Gasteiger partial charge in [-0.1, -0.05) is 12.1 Å². The van der Waals surface area contributed by atoms with Crippen molar-refractivity contribution < 1.29 is 23.8 Å². The van der Waals surface area contributed by atoms with Gasteiger partial charge in [0, 0.05) is 6.54 Å². The van der Waals surface area contributed by atoms with Gasteiger partial charge in [-0.15, -0.1) is 0 Å². The third-order valence-electron chi connectivity index (χ3n) is 3.41. The van der Waals surface area contributed by atoms with E-state index in [2.05, 4.69) is 0 Å². The van der Waals surface area contributed by atoms with E-state index in [9.17, 15) is 19.1 Å². The van der Waals surface area contributed by atoms with Crippen LogP contribution in [0.15, 0.2) is 30.3 Å². The van der Waals surface area contributed by atoms with Crippen LogP contribution in [0, 0.1) is 5.82 Å². The van der Waals surface area contributed by atoms with E-state index in [4.69, 9.17) is 4.74 Å². The molecule has 1 heterocycles. The summed E-state index contributed by atoms with van der Waals surface area (Å²) in [7, 11) is 0. The predicted octanol–water partition coefficient (Wildman–Crippen LogP) is 3.30. The van der Waals surface area contributed by atoms with E-state index in [1.165, 1.54) is 23.1 Å². The summed E-state index contributed by atoms with van der Waals surface area (Å²) in [6.07, 6.45) is 1.34. The highest BCUT2D eigenvalue weighted by Crippen LogP contribution is 2.27. The zero-order valence-electron chi connectivity index (χ0n) is 13.4. The molecule has 0 saturated carbocycles. The van der Waals surface area contributed by atoms with E-state index in [1.807, 2.05) is 0 Å².